The molecule has 0 unspecified atom stereocenters. The SMILES string of the molecule is COc1cc(C(=O)NNC(=O)c2cccc(C)c2I)ccc1OC(C)C. The van der Waals surface area contributed by atoms with Crippen LogP contribution in [0.15, 0.2) is 36.4 Å². The lowest BCUT2D eigenvalue weighted by molar-refractivity contribution is 0.0846. The number of amides is 2. The van der Waals surface area contributed by atoms with E-state index >= 15 is 0 Å². The van der Waals surface area contributed by atoms with Crippen LogP contribution < -0.4 is 20.3 Å². The Morgan fingerprint density at radius 1 is 1.04 bits per heavy atom. The Balaban J connectivity index is 2.08. The smallest absolute Gasteiger partial charge is 0.270 e. The number of hydrazine groups is 1. The first-order valence-corrected chi connectivity index (χ1v) is 9.11. The number of carbonyl (C=O) groups excluding carboxylic acids is 2. The molecule has 6 nitrogen and oxygen atoms in total. The minimum atomic E-state index is -0.449. The highest BCUT2D eigenvalue weighted by Gasteiger charge is 2.15. The highest BCUT2D eigenvalue weighted by atomic mass is 127. The van der Waals surface area contributed by atoms with Crippen molar-refractivity contribution in [3.63, 3.8) is 0 Å². The summed E-state index contributed by atoms with van der Waals surface area (Å²) >= 11 is 2.11. The molecular formula is C19H21IN2O4. The first kappa shape index (κ1) is 20.0. The third-order valence-corrected chi connectivity index (χ3v) is 4.95. The summed E-state index contributed by atoms with van der Waals surface area (Å²) in [6.45, 7) is 5.73. The molecule has 0 atom stereocenters. The first-order chi connectivity index (χ1) is 12.3. The van der Waals surface area contributed by atoms with Gasteiger partial charge in [0.15, 0.2) is 11.5 Å². The normalized spacial score (nSPS) is 10.4. The van der Waals surface area contributed by atoms with Crippen LogP contribution in [0.1, 0.15) is 40.1 Å². The number of benzene rings is 2. The second kappa shape index (κ2) is 8.88. The van der Waals surface area contributed by atoms with Gasteiger partial charge in [0.2, 0.25) is 0 Å². The Bertz CT molecular complexity index is 821. The van der Waals surface area contributed by atoms with Gasteiger partial charge in [-0.2, -0.15) is 0 Å². The molecule has 0 spiro atoms. The summed E-state index contributed by atoms with van der Waals surface area (Å²) in [4.78, 5) is 24.6. The molecule has 2 amide bonds. The molecule has 0 fully saturated rings. The number of halogens is 1. The van der Waals surface area contributed by atoms with E-state index in [0.717, 1.165) is 9.13 Å². The van der Waals surface area contributed by atoms with Gasteiger partial charge in [-0.15, -0.1) is 0 Å². The van der Waals surface area contributed by atoms with Gasteiger partial charge in [-0.3, -0.25) is 20.4 Å². The third kappa shape index (κ3) is 4.87. The molecule has 2 aromatic carbocycles. The third-order valence-electron chi connectivity index (χ3n) is 3.51. The molecule has 0 aliphatic rings. The number of nitrogens with one attached hydrogen (secondary N) is 2. The Morgan fingerprint density at radius 2 is 1.73 bits per heavy atom. The average molecular weight is 468 g/mol. The van der Waals surface area contributed by atoms with Crippen molar-refractivity contribution in [2.75, 3.05) is 7.11 Å². The molecule has 138 valence electrons. The van der Waals surface area contributed by atoms with Crippen molar-refractivity contribution in [3.05, 3.63) is 56.7 Å². The van der Waals surface area contributed by atoms with Crippen LogP contribution in [0.4, 0.5) is 0 Å². The van der Waals surface area contributed by atoms with Gasteiger partial charge in [-0.25, -0.2) is 0 Å². The van der Waals surface area contributed by atoms with Crippen LogP contribution >= 0.6 is 22.6 Å². The Kier molecular flexibility index (Phi) is 6.84. The van der Waals surface area contributed by atoms with Crippen LogP contribution in [0, 0.1) is 10.5 Å². The summed E-state index contributed by atoms with van der Waals surface area (Å²) in [5.41, 5.74) is 6.70. The quantitative estimate of drug-likeness (QED) is 0.521. The van der Waals surface area contributed by atoms with Crippen molar-refractivity contribution in [2.45, 2.75) is 26.9 Å². The van der Waals surface area contributed by atoms with Gasteiger partial charge >= 0.3 is 0 Å². The highest BCUT2D eigenvalue weighted by Crippen LogP contribution is 2.28. The fourth-order valence-corrected chi connectivity index (χ4v) is 2.84. The second-order valence-corrected chi connectivity index (χ2v) is 6.96. The molecule has 0 saturated carbocycles. The van der Waals surface area contributed by atoms with E-state index in [1.807, 2.05) is 26.8 Å². The zero-order valence-electron chi connectivity index (χ0n) is 15.1. The average Bonchev–Trinajstić information content (AvgIpc) is 2.61. The lowest BCUT2D eigenvalue weighted by atomic mass is 10.1. The van der Waals surface area contributed by atoms with Gasteiger partial charge < -0.3 is 9.47 Å². The van der Waals surface area contributed by atoms with Crippen LogP contribution in [0.2, 0.25) is 0 Å². The summed E-state index contributed by atoms with van der Waals surface area (Å²) in [5, 5.41) is 0. The maximum atomic E-state index is 12.3. The predicted octanol–water partition coefficient (Wildman–Crippen LogP) is 3.47. The van der Waals surface area contributed by atoms with Crippen molar-refractivity contribution in [3.8, 4) is 11.5 Å². The van der Waals surface area contributed by atoms with Crippen LogP contribution in [0.5, 0.6) is 11.5 Å². The van der Waals surface area contributed by atoms with Crippen LogP contribution in [0.25, 0.3) is 0 Å². The maximum Gasteiger partial charge on any atom is 0.270 e. The molecule has 0 aliphatic carbocycles. The van der Waals surface area contributed by atoms with Crippen LogP contribution in [-0.2, 0) is 0 Å². The van der Waals surface area contributed by atoms with E-state index in [0.29, 0.717) is 22.6 Å². The molecule has 2 rings (SSSR count). The summed E-state index contributed by atoms with van der Waals surface area (Å²) in [5.74, 6) is 0.178. The Hall–Kier alpha value is -2.29. The summed E-state index contributed by atoms with van der Waals surface area (Å²) in [6, 6.07) is 10.3. The van der Waals surface area contributed by atoms with E-state index in [-0.39, 0.29) is 12.0 Å². The van der Waals surface area contributed by atoms with Crippen molar-refractivity contribution in [1.29, 1.82) is 0 Å². The largest absolute Gasteiger partial charge is 0.493 e. The number of hydrogen-bond donors (Lipinski definition) is 2. The number of carbonyl (C=O) groups is 2. The predicted molar refractivity (Wildman–Crippen MR) is 108 cm³/mol. The van der Waals surface area contributed by atoms with Gasteiger partial charge in [0, 0.05) is 9.13 Å². The zero-order valence-corrected chi connectivity index (χ0v) is 17.2. The molecule has 0 saturated heterocycles. The number of aryl methyl sites for hydroxylation is 1. The topological polar surface area (TPSA) is 76.7 Å². The monoisotopic (exact) mass is 468 g/mol. The van der Waals surface area contributed by atoms with E-state index in [2.05, 4.69) is 33.4 Å². The molecular weight excluding hydrogens is 447 g/mol. The number of hydrogen-bond acceptors (Lipinski definition) is 4. The molecule has 2 aromatic rings. The van der Waals surface area contributed by atoms with Gasteiger partial charge in [0.05, 0.1) is 18.8 Å². The standard InChI is InChI=1S/C19H21IN2O4/c1-11(2)26-15-9-8-13(10-16(15)25-4)18(23)21-22-19(24)14-7-5-6-12(3)17(14)20/h5-11H,1-4H3,(H,21,23)(H,22,24). The van der Waals surface area contributed by atoms with E-state index in [4.69, 9.17) is 9.47 Å². The molecule has 0 aromatic heterocycles. The summed E-state index contributed by atoms with van der Waals surface area (Å²) < 4.78 is 11.7. The molecule has 2 N–H and O–H groups in total. The Morgan fingerprint density at radius 3 is 2.38 bits per heavy atom. The molecule has 26 heavy (non-hydrogen) atoms. The minimum absolute atomic E-state index is 0.0142. The summed E-state index contributed by atoms with van der Waals surface area (Å²) in [6.07, 6.45) is -0.0142. The van der Waals surface area contributed by atoms with Gasteiger partial charge in [0.1, 0.15) is 0 Å². The maximum absolute atomic E-state index is 12.3. The molecule has 7 heteroatoms. The number of ether oxygens (including phenoxy) is 2. The van der Waals surface area contributed by atoms with Crippen LogP contribution in [0.3, 0.4) is 0 Å². The zero-order chi connectivity index (χ0) is 19.3. The van der Waals surface area contributed by atoms with Crippen molar-refractivity contribution in [2.24, 2.45) is 0 Å². The minimum Gasteiger partial charge on any atom is -0.493 e. The molecule has 0 bridgehead atoms. The summed E-state index contributed by atoms with van der Waals surface area (Å²) in [7, 11) is 1.51. The van der Waals surface area contributed by atoms with Crippen molar-refractivity contribution in [1.82, 2.24) is 10.9 Å². The van der Waals surface area contributed by atoms with Gasteiger partial charge in [-0.05, 0) is 73.2 Å². The number of rotatable bonds is 5. The fraction of sp³-hybridized carbons (Fsp3) is 0.263. The highest BCUT2D eigenvalue weighted by molar-refractivity contribution is 14.1. The van der Waals surface area contributed by atoms with Gasteiger partial charge in [-0.1, -0.05) is 12.1 Å². The van der Waals surface area contributed by atoms with E-state index < -0.39 is 5.91 Å². The number of methoxy groups -OCH3 is 1. The van der Waals surface area contributed by atoms with E-state index in [1.54, 1.807) is 30.3 Å². The van der Waals surface area contributed by atoms with Crippen molar-refractivity contribution < 1.29 is 19.1 Å². The molecule has 0 radical (unpaired) electrons. The lowest BCUT2D eigenvalue weighted by Gasteiger charge is -2.14. The first-order valence-electron chi connectivity index (χ1n) is 8.04. The molecule has 0 heterocycles. The van der Waals surface area contributed by atoms with Crippen molar-refractivity contribution >= 4 is 34.4 Å². The second-order valence-electron chi connectivity index (χ2n) is 5.88. The van der Waals surface area contributed by atoms with Crippen LogP contribution in [-0.4, -0.2) is 25.0 Å². The Labute approximate surface area is 166 Å². The van der Waals surface area contributed by atoms with E-state index in [1.165, 1.54) is 7.11 Å². The lowest BCUT2D eigenvalue weighted by Crippen LogP contribution is -2.42. The fourth-order valence-electron chi connectivity index (χ4n) is 2.24. The van der Waals surface area contributed by atoms with E-state index in [9.17, 15) is 9.59 Å². The van der Waals surface area contributed by atoms with Gasteiger partial charge in [0.25, 0.3) is 11.8 Å². The molecule has 0 aliphatic heterocycles.